The summed E-state index contributed by atoms with van der Waals surface area (Å²) in [5.41, 5.74) is 1.15. The number of nitrogens with zero attached hydrogens (tertiary/aromatic N) is 1. The van der Waals surface area contributed by atoms with E-state index >= 15 is 0 Å². The van der Waals surface area contributed by atoms with E-state index in [9.17, 15) is 4.79 Å². The first-order chi connectivity index (χ1) is 8.77. The van der Waals surface area contributed by atoms with E-state index in [1.807, 2.05) is 23.6 Å². The monoisotopic (exact) mass is 248 g/mol. The van der Waals surface area contributed by atoms with Crippen molar-refractivity contribution in [2.75, 3.05) is 13.1 Å². The summed E-state index contributed by atoms with van der Waals surface area (Å²) in [6, 6.07) is 5.44. The SMILES string of the molecule is Cc1cccc(=O)n1CCNCC1CCCCC1. The molecule has 0 unspecified atom stereocenters. The smallest absolute Gasteiger partial charge is 0.250 e. The lowest BCUT2D eigenvalue weighted by molar-refractivity contribution is 0.340. The van der Waals surface area contributed by atoms with E-state index in [1.54, 1.807) is 6.07 Å². The molecule has 0 amide bonds. The molecule has 1 aromatic rings. The van der Waals surface area contributed by atoms with Crippen LogP contribution in [0.1, 0.15) is 37.8 Å². The Morgan fingerprint density at radius 1 is 1.28 bits per heavy atom. The topological polar surface area (TPSA) is 34.0 Å². The third-order valence-corrected chi connectivity index (χ3v) is 3.94. The Labute approximate surface area is 109 Å². The number of pyridine rings is 1. The summed E-state index contributed by atoms with van der Waals surface area (Å²) in [5, 5.41) is 3.50. The highest BCUT2D eigenvalue weighted by atomic mass is 16.1. The van der Waals surface area contributed by atoms with Crippen LogP contribution in [0.4, 0.5) is 0 Å². The Morgan fingerprint density at radius 3 is 2.78 bits per heavy atom. The Bertz CT molecular complexity index is 419. The van der Waals surface area contributed by atoms with Gasteiger partial charge >= 0.3 is 0 Å². The molecule has 0 radical (unpaired) electrons. The average molecular weight is 248 g/mol. The summed E-state index contributed by atoms with van der Waals surface area (Å²) in [7, 11) is 0. The third kappa shape index (κ3) is 3.70. The minimum atomic E-state index is 0.106. The van der Waals surface area contributed by atoms with Crippen molar-refractivity contribution in [1.29, 1.82) is 0 Å². The first-order valence-electron chi connectivity index (χ1n) is 7.14. The molecule has 0 aliphatic heterocycles. The van der Waals surface area contributed by atoms with Gasteiger partial charge in [0, 0.05) is 24.8 Å². The van der Waals surface area contributed by atoms with E-state index in [-0.39, 0.29) is 5.56 Å². The van der Waals surface area contributed by atoms with E-state index in [4.69, 9.17) is 0 Å². The molecule has 0 saturated heterocycles. The molecular formula is C15H24N2O. The van der Waals surface area contributed by atoms with Crippen molar-refractivity contribution in [3.05, 3.63) is 34.2 Å². The predicted molar refractivity (Wildman–Crippen MR) is 74.9 cm³/mol. The Balaban J connectivity index is 1.73. The van der Waals surface area contributed by atoms with Crippen LogP contribution in [0, 0.1) is 12.8 Å². The second-order valence-electron chi connectivity index (χ2n) is 5.37. The highest BCUT2D eigenvalue weighted by Crippen LogP contribution is 2.22. The minimum Gasteiger partial charge on any atom is -0.315 e. The zero-order chi connectivity index (χ0) is 12.8. The summed E-state index contributed by atoms with van der Waals surface area (Å²) in [4.78, 5) is 11.7. The van der Waals surface area contributed by atoms with Gasteiger partial charge < -0.3 is 9.88 Å². The molecule has 100 valence electrons. The first-order valence-corrected chi connectivity index (χ1v) is 7.14. The molecule has 0 aromatic carbocycles. The summed E-state index contributed by atoms with van der Waals surface area (Å²) in [5.74, 6) is 0.854. The Morgan fingerprint density at radius 2 is 2.06 bits per heavy atom. The molecule has 0 spiro atoms. The maximum atomic E-state index is 11.7. The molecule has 3 heteroatoms. The lowest BCUT2D eigenvalue weighted by Gasteiger charge is -2.22. The largest absolute Gasteiger partial charge is 0.315 e. The van der Waals surface area contributed by atoms with Crippen LogP contribution < -0.4 is 10.9 Å². The maximum Gasteiger partial charge on any atom is 0.250 e. The molecule has 3 nitrogen and oxygen atoms in total. The van der Waals surface area contributed by atoms with Crippen molar-refractivity contribution in [1.82, 2.24) is 9.88 Å². The first kappa shape index (κ1) is 13.3. The van der Waals surface area contributed by atoms with Crippen LogP contribution in [0.3, 0.4) is 0 Å². The van der Waals surface area contributed by atoms with E-state index < -0.39 is 0 Å². The van der Waals surface area contributed by atoms with E-state index in [1.165, 1.54) is 32.1 Å². The summed E-state index contributed by atoms with van der Waals surface area (Å²) in [6.07, 6.45) is 6.94. The number of hydrogen-bond acceptors (Lipinski definition) is 2. The lowest BCUT2D eigenvalue weighted by Crippen LogP contribution is -2.31. The van der Waals surface area contributed by atoms with Crippen molar-refractivity contribution < 1.29 is 0 Å². The lowest BCUT2D eigenvalue weighted by atomic mass is 9.89. The Hall–Kier alpha value is -1.09. The fourth-order valence-corrected chi connectivity index (χ4v) is 2.80. The van der Waals surface area contributed by atoms with Gasteiger partial charge in [0.05, 0.1) is 0 Å². The van der Waals surface area contributed by atoms with Crippen LogP contribution in [0.25, 0.3) is 0 Å². The average Bonchev–Trinajstić information content (AvgIpc) is 2.38. The third-order valence-electron chi connectivity index (χ3n) is 3.94. The van der Waals surface area contributed by atoms with Crippen molar-refractivity contribution in [2.45, 2.75) is 45.6 Å². The molecule has 1 N–H and O–H groups in total. The molecule has 0 atom stereocenters. The van der Waals surface area contributed by atoms with Gasteiger partial charge in [-0.15, -0.1) is 0 Å². The van der Waals surface area contributed by atoms with Crippen LogP contribution in [0.2, 0.25) is 0 Å². The molecule has 2 rings (SSSR count). The molecule has 1 aliphatic carbocycles. The minimum absolute atomic E-state index is 0.106. The number of hydrogen-bond donors (Lipinski definition) is 1. The standard InChI is InChI=1S/C15H24N2O/c1-13-6-5-9-15(18)17(13)11-10-16-12-14-7-3-2-4-8-14/h5-6,9,14,16H,2-4,7-8,10-12H2,1H3. The second-order valence-corrected chi connectivity index (χ2v) is 5.37. The van der Waals surface area contributed by atoms with Gasteiger partial charge in [0.2, 0.25) is 0 Å². The highest BCUT2D eigenvalue weighted by Gasteiger charge is 2.12. The second kappa shape index (κ2) is 6.74. The van der Waals surface area contributed by atoms with Gasteiger partial charge in [0.15, 0.2) is 0 Å². The number of aryl methyl sites for hydroxylation is 1. The van der Waals surface area contributed by atoms with Crippen LogP contribution in [0.15, 0.2) is 23.0 Å². The maximum absolute atomic E-state index is 11.7. The zero-order valence-corrected chi connectivity index (χ0v) is 11.3. The van der Waals surface area contributed by atoms with Gasteiger partial charge in [-0.2, -0.15) is 0 Å². The van der Waals surface area contributed by atoms with Gasteiger partial charge in [-0.1, -0.05) is 25.3 Å². The van der Waals surface area contributed by atoms with Gasteiger partial charge in [0.1, 0.15) is 0 Å². The summed E-state index contributed by atoms with van der Waals surface area (Å²) < 4.78 is 1.84. The zero-order valence-electron chi connectivity index (χ0n) is 11.3. The van der Waals surface area contributed by atoms with Crippen molar-refractivity contribution >= 4 is 0 Å². The molecule has 0 bridgehead atoms. The van der Waals surface area contributed by atoms with Gasteiger partial charge in [-0.05, 0) is 38.3 Å². The van der Waals surface area contributed by atoms with Gasteiger partial charge in [-0.3, -0.25) is 4.79 Å². The highest BCUT2D eigenvalue weighted by molar-refractivity contribution is 5.04. The van der Waals surface area contributed by atoms with Crippen LogP contribution in [-0.2, 0) is 6.54 Å². The number of aromatic nitrogens is 1. The quantitative estimate of drug-likeness (QED) is 0.811. The number of nitrogens with one attached hydrogen (secondary N) is 1. The molecule has 1 heterocycles. The molecule has 1 aliphatic rings. The van der Waals surface area contributed by atoms with Gasteiger partial charge in [0.25, 0.3) is 5.56 Å². The van der Waals surface area contributed by atoms with E-state index in [2.05, 4.69) is 5.32 Å². The Kier molecular flexibility index (Phi) is 5.00. The molecule has 1 aromatic heterocycles. The van der Waals surface area contributed by atoms with Crippen molar-refractivity contribution in [3.63, 3.8) is 0 Å². The number of rotatable bonds is 5. The fraction of sp³-hybridized carbons (Fsp3) is 0.667. The summed E-state index contributed by atoms with van der Waals surface area (Å²) in [6.45, 7) is 4.77. The van der Waals surface area contributed by atoms with Crippen molar-refractivity contribution in [3.8, 4) is 0 Å². The molecule has 1 fully saturated rings. The summed E-state index contributed by atoms with van der Waals surface area (Å²) >= 11 is 0. The molecule has 1 saturated carbocycles. The van der Waals surface area contributed by atoms with E-state index in [0.29, 0.717) is 0 Å². The van der Waals surface area contributed by atoms with E-state index in [0.717, 1.165) is 31.2 Å². The molecule has 18 heavy (non-hydrogen) atoms. The normalized spacial score (nSPS) is 16.9. The van der Waals surface area contributed by atoms with Gasteiger partial charge in [-0.25, -0.2) is 0 Å². The molecular weight excluding hydrogens is 224 g/mol. The predicted octanol–water partition coefficient (Wildman–Crippen LogP) is 2.33. The van der Waals surface area contributed by atoms with Crippen LogP contribution in [-0.4, -0.2) is 17.7 Å². The van der Waals surface area contributed by atoms with Crippen molar-refractivity contribution in [2.24, 2.45) is 5.92 Å². The van der Waals surface area contributed by atoms with Crippen LogP contribution in [0.5, 0.6) is 0 Å². The fourth-order valence-electron chi connectivity index (χ4n) is 2.80. The van der Waals surface area contributed by atoms with Crippen LogP contribution >= 0.6 is 0 Å².